The van der Waals surface area contributed by atoms with E-state index in [-0.39, 0.29) is 5.95 Å². The smallest absolute Gasteiger partial charge is 0.298 e. The number of primary amides is 1. The first-order chi connectivity index (χ1) is 6.74. The highest BCUT2D eigenvalue weighted by molar-refractivity contribution is 6.07. The molecule has 0 saturated carbocycles. The van der Waals surface area contributed by atoms with Gasteiger partial charge in [0.2, 0.25) is 0 Å². The number of hydrogen-bond acceptors (Lipinski definition) is 3. The number of hydrogen-bond donors (Lipinski definition) is 1. The van der Waals surface area contributed by atoms with E-state index in [1.807, 2.05) is 12.1 Å². The fourth-order valence-electron chi connectivity index (χ4n) is 1.40. The molecule has 0 radical (unpaired) electrons. The minimum Gasteiger partial charge on any atom is -0.468 e. The minimum absolute atomic E-state index is 0.165. The van der Waals surface area contributed by atoms with Gasteiger partial charge < -0.3 is 14.9 Å². The molecule has 2 aromatic rings. The third-order valence-electron chi connectivity index (χ3n) is 1.99. The Kier molecular flexibility index (Phi) is 1.89. The van der Waals surface area contributed by atoms with Crippen molar-refractivity contribution in [3.8, 4) is 5.95 Å². The lowest BCUT2D eigenvalue weighted by Gasteiger charge is -1.94. The second-order valence-electron chi connectivity index (χ2n) is 2.83. The third-order valence-corrected chi connectivity index (χ3v) is 1.99. The van der Waals surface area contributed by atoms with Crippen LogP contribution in [0.3, 0.4) is 0 Å². The number of carbonyl (C=O) groups is 1. The first-order valence-corrected chi connectivity index (χ1v) is 4.09. The molecule has 2 N–H and O–H groups in total. The highest BCUT2D eigenvalue weighted by Gasteiger charge is 2.18. The Labute approximate surface area is 80.3 Å². The van der Waals surface area contributed by atoms with Gasteiger partial charge in [-0.15, -0.1) is 0 Å². The van der Waals surface area contributed by atoms with E-state index >= 15 is 0 Å². The normalized spacial score (nSPS) is 10.4. The van der Waals surface area contributed by atoms with Gasteiger partial charge in [0, 0.05) is 5.39 Å². The summed E-state index contributed by atoms with van der Waals surface area (Å²) in [7, 11) is 1.43. The highest BCUT2D eigenvalue weighted by atomic mass is 16.6. The number of amides is 1. The zero-order chi connectivity index (χ0) is 10.1. The maximum Gasteiger partial charge on any atom is 0.298 e. The molecular formula is C10H9NO3. The molecule has 0 atom stereocenters. The zero-order valence-electron chi connectivity index (χ0n) is 7.61. The van der Waals surface area contributed by atoms with Crippen molar-refractivity contribution in [2.24, 2.45) is 5.73 Å². The summed E-state index contributed by atoms with van der Waals surface area (Å²) in [6, 6.07) is 7.14. The van der Waals surface area contributed by atoms with Crippen LogP contribution in [0.1, 0.15) is 10.4 Å². The Hall–Kier alpha value is -1.97. The van der Waals surface area contributed by atoms with Crippen LogP contribution in [0.4, 0.5) is 0 Å². The van der Waals surface area contributed by atoms with E-state index in [9.17, 15) is 4.79 Å². The van der Waals surface area contributed by atoms with Crippen molar-refractivity contribution < 1.29 is 13.9 Å². The summed E-state index contributed by atoms with van der Waals surface area (Å²) in [5.41, 5.74) is 6.11. The van der Waals surface area contributed by atoms with Crippen molar-refractivity contribution in [1.82, 2.24) is 0 Å². The number of benzene rings is 1. The Morgan fingerprint density at radius 1 is 1.43 bits per heavy atom. The maximum atomic E-state index is 11.1. The van der Waals surface area contributed by atoms with E-state index in [0.717, 1.165) is 0 Å². The quantitative estimate of drug-likeness (QED) is 0.782. The fraction of sp³-hybridized carbons (Fsp3) is 0.100. The number of methoxy groups -OCH3 is 1. The number of furan rings is 1. The molecule has 0 spiro atoms. The van der Waals surface area contributed by atoms with Gasteiger partial charge in [-0.05, 0) is 6.07 Å². The standard InChI is InChI=1S/C10H9NO3/c1-13-10-8(9(11)12)6-4-2-3-5-7(6)14-10/h2-5H,1H3,(H2,11,12). The van der Waals surface area contributed by atoms with Gasteiger partial charge in [0.15, 0.2) is 0 Å². The van der Waals surface area contributed by atoms with Gasteiger partial charge >= 0.3 is 0 Å². The second kappa shape index (κ2) is 3.06. The summed E-state index contributed by atoms with van der Waals surface area (Å²) < 4.78 is 10.2. The van der Waals surface area contributed by atoms with Gasteiger partial charge in [-0.2, -0.15) is 0 Å². The summed E-state index contributed by atoms with van der Waals surface area (Å²) in [5, 5.41) is 0.678. The molecule has 0 aliphatic carbocycles. The van der Waals surface area contributed by atoms with Crippen LogP contribution in [0.25, 0.3) is 11.0 Å². The Morgan fingerprint density at radius 3 is 2.79 bits per heavy atom. The number of fused-ring (bicyclic) bond motifs is 1. The van der Waals surface area contributed by atoms with Crippen molar-refractivity contribution in [3.63, 3.8) is 0 Å². The molecule has 1 aromatic heterocycles. The van der Waals surface area contributed by atoms with Crippen LogP contribution < -0.4 is 10.5 Å². The average molecular weight is 191 g/mol. The maximum absolute atomic E-state index is 11.1. The number of para-hydroxylation sites is 1. The summed E-state index contributed by atoms with van der Waals surface area (Å²) in [5.74, 6) is -0.384. The van der Waals surface area contributed by atoms with Crippen LogP contribution in [0.15, 0.2) is 28.7 Å². The molecule has 0 saturated heterocycles. The number of rotatable bonds is 2. The zero-order valence-corrected chi connectivity index (χ0v) is 7.61. The summed E-state index contributed by atoms with van der Waals surface area (Å²) >= 11 is 0. The van der Waals surface area contributed by atoms with Crippen LogP contribution in [0, 0.1) is 0 Å². The van der Waals surface area contributed by atoms with Crippen LogP contribution in [-0.2, 0) is 0 Å². The summed E-state index contributed by atoms with van der Waals surface area (Å²) in [6.45, 7) is 0. The van der Waals surface area contributed by atoms with Crippen LogP contribution in [0.2, 0.25) is 0 Å². The minimum atomic E-state index is -0.549. The SMILES string of the molecule is COc1oc2ccccc2c1C(N)=O. The van der Waals surface area contributed by atoms with Crippen molar-refractivity contribution in [2.75, 3.05) is 7.11 Å². The molecule has 1 aromatic carbocycles. The molecule has 1 heterocycles. The monoisotopic (exact) mass is 191 g/mol. The summed E-state index contributed by atoms with van der Waals surface area (Å²) in [4.78, 5) is 11.1. The first-order valence-electron chi connectivity index (χ1n) is 4.09. The average Bonchev–Trinajstić information content (AvgIpc) is 2.55. The van der Waals surface area contributed by atoms with Crippen molar-refractivity contribution in [2.45, 2.75) is 0 Å². The molecule has 0 fully saturated rings. The molecule has 72 valence electrons. The first kappa shape index (κ1) is 8.62. The van der Waals surface area contributed by atoms with Crippen molar-refractivity contribution in [3.05, 3.63) is 29.8 Å². The van der Waals surface area contributed by atoms with Gasteiger partial charge in [-0.3, -0.25) is 4.79 Å². The van der Waals surface area contributed by atoms with Gasteiger partial charge in [0.25, 0.3) is 11.9 Å². The summed E-state index contributed by atoms with van der Waals surface area (Å²) in [6.07, 6.45) is 0. The predicted molar refractivity (Wildman–Crippen MR) is 51.3 cm³/mol. The van der Waals surface area contributed by atoms with E-state index in [1.165, 1.54) is 7.11 Å². The van der Waals surface area contributed by atoms with Gasteiger partial charge in [-0.25, -0.2) is 0 Å². The molecule has 1 amide bonds. The Bertz CT molecular complexity index is 487. The highest BCUT2D eigenvalue weighted by Crippen LogP contribution is 2.30. The lowest BCUT2D eigenvalue weighted by atomic mass is 10.1. The van der Waals surface area contributed by atoms with E-state index < -0.39 is 5.91 Å². The number of carbonyl (C=O) groups excluding carboxylic acids is 1. The van der Waals surface area contributed by atoms with Crippen molar-refractivity contribution >= 4 is 16.9 Å². The molecule has 4 nitrogen and oxygen atoms in total. The van der Waals surface area contributed by atoms with Crippen LogP contribution in [0.5, 0.6) is 5.95 Å². The van der Waals surface area contributed by atoms with Gasteiger partial charge in [0.1, 0.15) is 11.1 Å². The van der Waals surface area contributed by atoms with E-state index in [0.29, 0.717) is 16.5 Å². The molecule has 0 aliphatic heterocycles. The molecule has 0 aliphatic rings. The van der Waals surface area contributed by atoms with Crippen LogP contribution in [-0.4, -0.2) is 13.0 Å². The van der Waals surface area contributed by atoms with E-state index in [4.69, 9.17) is 14.9 Å². The lowest BCUT2D eigenvalue weighted by Crippen LogP contribution is -2.11. The molecule has 0 bridgehead atoms. The largest absolute Gasteiger partial charge is 0.468 e. The van der Waals surface area contributed by atoms with E-state index in [1.54, 1.807) is 12.1 Å². The second-order valence-corrected chi connectivity index (χ2v) is 2.83. The number of nitrogens with two attached hydrogens (primary N) is 1. The van der Waals surface area contributed by atoms with Crippen LogP contribution >= 0.6 is 0 Å². The molecule has 4 heteroatoms. The fourth-order valence-corrected chi connectivity index (χ4v) is 1.40. The van der Waals surface area contributed by atoms with Crippen molar-refractivity contribution in [1.29, 1.82) is 0 Å². The molecule has 14 heavy (non-hydrogen) atoms. The van der Waals surface area contributed by atoms with Gasteiger partial charge in [0.05, 0.1) is 7.11 Å². The predicted octanol–water partition coefficient (Wildman–Crippen LogP) is 1.54. The van der Waals surface area contributed by atoms with Gasteiger partial charge in [-0.1, -0.05) is 18.2 Å². The molecule has 2 rings (SSSR count). The molecule has 0 unspecified atom stereocenters. The third kappa shape index (κ3) is 1.12. The number of ether oxygens (including phenoxy) is 1. The lowest BCUT2D eigenvalue weighted by molar-refractivity contribution is 0.0996. The van der Waals surface area contributed by atoms with E-state index in [2.05, 4.69) is 0 Å². The Morgan fingerprint density at radius 2 is 2.14 bits per heavy atom. The molecular weight excluding hydrogens is 182 g/mol. The topological polar surface area (TPSA) is 65.5 Å². The Balaban J connectivity index is 2.81.